The fourth-order valence-corrected chi connectivity index (χ4v) is 3.11. The van der Waals surface area contributed by atoms with Gasteiger partial charge >= 0.3 is 0 Å². The van der Waals surface area contributed by atoms with Crippen LogP contribution < -0.4 is 5.32 Å². The third kappa shape index (κ3) is 3.66. The Hall–Kier alpha value is -1.77. The molecule has 1 aliphatic rings. The highest BCUT2D eigenvalue weighted by molar-refractivity contribution is 5.44. The molecular weight excluding hydrogens is 258 g/mol. The minimum absolute atomic E-state index is 0.632. The molecule has 2 aromatic rings. The Morgan fingerprint density at radius 1 is 1.14 bits per heavy atom. The summed E-state index contributed by atoms with van der Waals surface area (Å²) >= 11 is 0. The topological polar surface area (TPSA) is 29.9 Å². The highest BCUT2D eigenvalue weighted by Gasteiger charge is 2.17. The largest absolute Gasteiger partial charge is 0.379 e. The third-order valence-corrected chi connectivity index (χ3v) is 4.33. The van der Waals surface area contributed by atoms with Crippen LogP contribution in [0.1, 0.15) is 56.3 Å². The minimum Gasteiger partial charge on any atom is -0.379 e. The molecule has 3 rings (SSSR count). The van der Waals surface area contributed by atoms with Gasteiger partial charge in [-0.2, -0.15) is 5.10 Å². The van der Waals surface area contributed by atoms with Gasteiger partial charge in [0.1, 0.15) is 0 Å². The van der Waals surface area contributed by atoms with E-state index in [1.165, 1.54) is 43.4 Å². The average Bonchev–Trinajstić information content (AvgIpc) is 3.18. The molecule has 3 heteroatoms. The smallest absolute Gasteiger partial charge is 0.0815 e. The number of aromatic nitrogens is 2. The first-order valence-corrected chi connectivity index (χ1v) is 8.22. The van der Waals surface area contributed by atoms with Crippen molar-refractivity contribution in [3.63, 3.8) is 0 Å². The Bertz CT molecular complexity index is 550. The summed E-state index contributed by atoms with van der Waals surface area (Å²) in [5.74, 6) is 0. The zero-order chi connectivity index (χ0) is 14.5. The number of anilines is 1. The summed E-state index contributed by atoms with van der Waals surface area (Å²) in [6.07, 6.45) is 9.76. The SMILES string of the molecule is CCCc1ccc(NCc2ccn(C3CCCC3)n2)cc1. The van der Waals surface area contributed by atoms with Gasteiger partial charge in [0, 0.05) is 11.9 Å². The molecule has 112 valence electrons. The van der Waals surface area contributed by atoms with E-state index in [2.05, 4.69) is 53.5 Å². The summed E-state index contributed by atoms with van der Waals surface area (Å²) in [6.45, 7) is 3.01. The normalized spacial score (nSPS) is 15.5. The molecule has 21 heavy (non-hydrogen) atoms. The van der Waals surface area contributed by atoms with E-state index in [4.69, 9.17) is 5.10 Å². The van der Waals surface area contributed by atoms with Crippen LogP contribution in [0.15, 0.2) is 36.5 Å². The van der Waals surface area contributed by atoms with Crippen LogP contribution in [0.4, 0.5) is 5.69 Å². The summed E-state index contributed by atoms with van der Waals surface area (Å²) < 4.78 is 2.16. The van der Waals surface area contributed by atoms with Gasteiger partial charge in [0.25, 0.3) is 0 Å². The van der Waals surface area contributed by atoms with Crippen molar-refractivity contribution in [1.29, 1.82) is 0 Å². The Morgan fingerprint density at radius 2 is 1.90 bits per heavy atom. The molecule has 0 aliphatic heterocycles. The van der Waals surface area contributed by atoms with E-state index in [0.29, 0.717) is 6.04 Å². The predicted octanol–water partition coefficient (Wildman–Crippen LogP) is 4.56. The number of nitrogens with zero attached hydrogens (tertiary/aromatic N) is 2. The van der Waals surface area contributed by atoms with Gasteiger partial charge in [0.15, 0.2) is 0 Å². The first-order valence-electron chi connectivity index (χ1n) is 8.22. The maximum atomic E-state index is 4.71. The Kier molecular flexibility index (Phi) is 4.59. The molecule has 0 radical (unpaired) electrons. The molecule has 0 spiro atoms. The fourth-order valence-electron chi connectivity index (χ4n) is 3.11. The fraction of sp³-hybridized carbons (Fsp3) is 0.500. The van der Waals surface area contributed by atoms with Gasteiger partial charge in [-0.15, -0.1) is 0 Å². The molecule has 1 aliphatic carbocycles. The van der Waals surface area contributed by atoms with Gasteiger partial charge in [0.05, 0.1) is 18.3 Å². The van der Waals surface area contributed by atoms with Gasteiger partial charge < -0.3 is 5.32 Å². The highest BCUT2D eigenvalue weighted by atomic mass is 15.3. The Labute approximate surface area is 127 Å². The number of benzene rings is 1. The van der Waals surface area contributed by atoms with Crippen molar-refractivity contribution in [3.8, 4) is 0 Å². The van der Waals surface area contributed by atoms with Gasteiger partial charge in [0.2, 0.25) is 0 Å². The maximum Gasteiger partial charge on any atom is 0.0815 e. The molecule has 1 N–H and O–H groups in total. The summed E-state index contributed by atoms with van der Waals surface area (Å²) in [4.78, 5) is 0. The number of rotatable bonds is 6. The lowest BCUT2D eigenvalue weighted by Crippen LogP contribution is -2.07. The van der Waals surface area contributed by atoms with Crippen LogP contribution in [0.5, 0.6) is 0 Å². The van der Waals surface area contributed by atoms with Crippen LogP contribution in [0.3, 0.4) is 0 Å². The van der Waals surface area contributed by atoms with E-state index in [9.17, 15) is 0 Å². The zero-order valence-corrected chi connectivity index (χ0v) is 12.9. The van der Waals surface area contributed by atoms with Gasteiger partial charge in [-0.05, 0) is 43.0 Å². The molecule has 0 atom stereocenters. The summed E-state index contributed by atoms with van der Waals surface area (Å²) in [5.41, 5.74) is 3.71. The van der Waals surface area contributed by atoms with Crippen LogP contribution in [-0.4, -0.2) is 9.78 Å². The number of nitrogens with one attached hydrogen (secondary N) is 1. The minimum atomic E-state index is 0.632. The van der Waals surface area contributed by atoms with Crippen LogP contribution in [0, 0.1) is 0 Å². The molecular formula is C18H25N3. The van der Waals surface area contributed by atoms with Crippen LogP contribution in [0.2, 0.25) is 0 Å². The molecule has 0 unspecified atom stereocenters. The zero-order valence-electron chi connectivity index (χ0n) is 12.9. The quantitative estimate of drug-likeness (QED) is 0.842. The molecule has 0 saturated heterocycles. The van der Waals surface area contributed by atoms with E-state index >= 15 is 0 Å². The molecule has 3 nitrogen and oxygen atoms in total. The lowest BCUT2D eigenvalue weighted by molar-refractivity contribution is 0.463. The van der Waals surface area contributed by atoms with E-state index in [1.54, 1.807) is 0 Å². The van der Waals surface area contributed by atoms with Gasteiger partial charge in [-0.25, -0.2) is 0 Å². The van der Waals surface area contributed by atoms with Crippen molar-refractivity contribution in [2.45, 2.75) is 58.0 Å². The van der Waals surface area contributed by atoms with Crippen LogP contribution >= 0.6 is 0 Å². The van der Waals surface area contributed by atoms with Crippen LogP contribution in [-0.2, 0) is 13.0 Å². The predicted molar refractivity (Wildman–Crippen MR) is 87.5 cm³/mol. The lowest BCUT2D eigenvalue weighted by Gasteiger charge is -2.09. The Morgan fingerprint density at radius 3 is 2.62 bits per heavy atom. The molecule has 1 aromatic heterocycles. The van der Waals surface area contributed by atoms with Crippen molar-refractivity contribution in [2.75, 3.05) is 5.32 Å². The van der Waals surface area contributed by atoms with Gasteiger partial charge in [-0.3, -0.25) is 4.68 Å². The standard InChI is InChI=1S/C18H25N3/c1-2-5-15-8-10-16(11-9-15)19-14-17-12-13-21(20-17)18-6-3-4-7-18/h8-13,18-19H,2-7,14H2,1H3. The molecule has 0 bridgehead atoms. The number of aryl methyl sites for hydroxylation is 1. The first kappa shape index (κ1) is 14.2. The second-order valence-corrected chi connectivity index (χ2v) is 6.03. The molecule has 1 fully saturated rings. The van der Waals surface area contributed by atoms with Crippen molar-refractivity contribution < 1.29 is 0 Å². The van der Waals surface area contributed by atoms with Crippen molar-refractivity contribution in [3.05, 3.63) is 47.8 Å². The van der Waals surface area contributed by atoms with E-state index in [1.807, 2.05) is 0 Å². The summed E-state index contributed by atoms with van der Waals surface area (Å²) in [6, 6.07) is 11.5. The second kappa shape index (κ2) is 6.79. The second-order valence-electron chi connectivity index (χ2n) is 6.03. The first-order chi connectivity index (χ1) is 10.3. The monoisotopic (exact) mass is 283 g/mol. The van der Waals surface area contributed by atoms with E-state index < -0.39 is 0 Å². The summed E-state index contributed by atoms with van der Waals surface area (Å²) in [7, 11) is 0. The van der Waals surface area contributed by atoms with Crippen LogP contribution in [0.25, 0.3) is 0 Å². The van der Waals surface area contributed by atoms with Crippen molar-refractivity contribution in [2.24, 2.45) is 0 Å². The van der Waals surface area contributed by atoms with Crippen molar-refractivity contribution >= 4 is 5.69 Å². The third-order valence-electron chi connectivity index (χ3n) is 4.33. The van der Waals surface area contributed by atoms with E-state index in [-0.39, 0.29) is 0 Å². The van der Waals surface area contributed by atoms with E-state index in [0.717, 1.165) is 18.7 Å². The number of hydrogen-bond donors (Lipinski definition) is 1. The molecule has 1 heterocycles. The molecule has 1 aromatic carbocycles. The summed E-state index contributed by atoms with van der Waals surface area (Å²) in [5, 5.41) is 8.17. The Balaban J connectivity index is 1.54. The highest BCUT2D eigenvalue weighted by Crippen LogP contribution is 2.28. The number of hydrogen-bond acceptors (Lipinski definition) is 2. The maximum absolute atomic E-state index is 4.71. The lowest BCUT2D eigenvalue weighted by atomic mass is 10.1. The molecule has 1 saturated carbocycles. The average molecular weight is 283 g/mol. The molecule has 0 amide bonds. The van der Waals surface area contributed by atoms with Gasteiger partial charge in [-0.1, -0.05) is 38.3 Å². The van der Waals surface area contributed by atoms with Crippen molar-refractivity contribution in [1.82, 2.24) is 9.78 Å².